The Balaban J connectivity index is 1.80. The first kappa shape index (κ1) is 19.8. The number of nitrogens with one attached hydrogen (secondary N) is 2. The van der Waals surface area contributed by atoms with Gasteiger partial charge in [-0.25, -0.2) is 4.79 Å². The molecule has 1 aliphatic carbocycles. The summed E-state index contributed by atoms with van der Waals surface area (Å²) >= 11 is 7.19. The molecular formula is C21H26N2O2S2. The van der Waals surface area contributed by atoms with Gasteiger partial charge in [0.05, 0.1) is 18.7 Å². The highest BCUT2D eigenvalue weighted by atomic mass is 32.1. The number of anilines is 1. The fourth-order valence-corrected chi connectivity index (χ4v) is 5.27. The number of carbonyl (C=O) groups excluding carboxylic acids is 1. The second-order valence-corrected chi connectivity index (χ2v) is 8.53. The number of thiophene rings is 1. The zero-order valence-electron chi connectivity index (χ0n) is 16.0. The van der Waals surface area contributed by atoms with E-state index in [2.05, 4.69) is 36.6 Å². The van der Waals surface area contributed by atoms with Crippen molar-refractivity contribution in [3.8, 4) is 0 Å². The number of hydrogen-bond acceptors (Lipinski definition) is 4. The van der Waals surface area contributed by atoms with Crippen LogP contribution in [0, 0.1) is 5.92 Å². The van der Waals surface area contributed by atoms with Gasteiger partial charge < -0.3 is 15.4 Å². The zero-order valence-corrected chi connectivity index (χ0v) is 17.6. The van der Waals surface area contributed by atoms with Gasteiger partial charge in [-0.3, -0.25) is 0 Å². The van der Waals surface area contributed by atoms with Crippen molar-refractivity contribution in [3.05, 3.63) is 51.9 Å². The first-order valence-electron chi connectivity index (χ1n) is 9.38. The number of thiocarbonyl (C=S) groups is 1. The Morgan fingerprint density at radius 1 is 1.37 bits per heavy atom. The van der Waals surface area contributed by atoms with Crippen molar-refractivity contribution in [2.75, 3.05) is 12.4 Å². The molecule has 1 aromatic heterocycles. The maximum atomic E-state index is 12.4. The molecular weight excluding hydrogens is 376 g/mol. The molecule has 0 saturated carbocycles. The van der Waals surface area contributed by atoms with E-state index >= 15 is 0 Å². The maximum Gasteiger partial charge on any atom is 0.341 e. The fourth-order valence-electron chi connectivity index (χ4n) is 3.56. The first-order valence-corrected chi connectivity index (χ1v) is 10.6. The van der Waals surface area contributed by atoms with E-state index in [0.717, 1.165) is 36.2 Å². The Bertz CT molecular complexity index is 817. The number of methoxy groups -OCH3 is 1. The van der Waals surface area contributed by atoms with Crippen LogP contribution in [0.25, 0.3) is 0 Å². The third-order valence-corrected chi connectivity index (χ3v) is 6.43. The van der Waals surface area contributed by atoms with Crippen molar-refractivity contribution in [3.63, 3.8) is 0 Å². The quantitative estimate of drug-likeness (QED) is 0.538. The Kier molecular flexibility index (Phi) is 6.50. The van der Waals surface area contributed by atoms with Crippen LogP contribution >= 0.6 is 23.6 Å². The monoisotopic (exact) mass is 402 g/mol. The molecule has 0 saturated heterocycles. The lowest BCUT2D eigenvalue weighted by atomic mass is 9.88. The second kappa shape index (κ2) is 8.85. The minimum Gasteiger partial charge on any atom is -0.465 e. The summed E-state index contributed by atoms with van der Waals surface area (Å²) in [5.74, 6) is 0.351. The summed E-state index contributed by atoms with van der Waals surface area (Å²) in [5, 5.41) is 7.97. The number of rotatable bonds is 5. The highest BCUT2D eigenvalue weighted by Crippen LogP contribution is 2.40. The summed E-state index contributed by atoms with van der Waals surface area (Å²) < 4.78 is 5.05. The van der Waals surface area contributed by atoms with Gasteiger partial charge in [0, 0.05) is 4.88 Å². The van der Waals surface area contributed by atoms with Gasteiger partial charge in [0.25, 0.3) is 0 Å². The lowest BCUT2D eigenvalue weighted by Gasteiger charge is -2.20. The molecule has 2 aromatic rings. The molecule has 0 amide bonds. The summed E-state index contributed by atoms with van der Waals surface area (Å²) in [5.41, 5.74) is 2.98. The van der Waals surface area contributed by atoms with Crippen molar-refractivity contribution in [2.45, 2.75) is 45.6 Å². The van der Waals surface area contributed by atoms with E-state index in [4.69, 9.17) is 17.0 Å². The van der Waals surface area contributed by atoms with Gasteiger partial charge in [0.1, 0.15) is 5.00 Å². The summed E-state index contributed by atoms with van der Waals surface area (Å²) in [6, 6.07) is 10.4. The van der Waals surface area contributed by atoms with Crippen LogP contribution in [0.4, 0.5) is 5.00 Å². The van der Waals surface area contributed by atoms with Crippen LogP contribution in [-0.4, -0.2) is 18.2 Å². The highest BCUT2D eigenvalue weighted by molar-refractivity contribution is 7.80. The third kappa shape index (κ3) is 4.50. The SMILES string of the molecule is CCC(NC(=S)Nc1sc2c(c1C(=O)OC)CCC(C)C2)c1ccccc1. The molecule has 1 heterocycles. The number of esters is 1. The van der Waals surface area contributed by atoms with Crippen molar-refractivity contribution in [1.82, 2.24) is 5.32 Å². The van der Waals surface area contributed by atoms with Gasteiger partial charge in [-0.2, -0.15) is 0 Å². The van der Waals surface area contributed by atoms with Crippen LogP contribution in [0.5, 0.6) is 0 Å². The fraction of sp³-hybridized carbons (Fsp3) is 0.429. The van der Waals surface area contributed by atoms with E-state index < -0.39 is 0 Å². The van der Waals surface area contributed by atoms with Crippen molar-refractivity contribution in [2.24, 2.45) is 5.92 Å². The smallest absolute Gasteiger partial charge is 0.341 e. The predicted molar refractivity (Wildman–Crippen MR) is 116 cm³/mol. The second-order valence-electron chi connectivity index (χ2n) is 7.02. The van der Waals surface area contributed by atoms with E-state index in [-0.39, 0.29) is 12.0 Å². The number of carbonyl (C=O) groups is 1. The summed E-state index contributed by atoms with van der Waals surface area (Å²) in [7, 11) is 1.43. The molecule has 0 radical (unpaired) electrons. The zero-order chi connectivity index (χ0) is 19.4. The number of hydrogen-bond donors (Lipinski definition) is 2. The molecule has 0 spiro atoms. The molecule has 0 aliphatic heterocycles. The summed E-state index contributed by atoms with van der Waals surface area (Å²) in [6.07, 6.45) is 3.93. The van der Waals surface area contributed by atoms with E-state index in [1.54, 1.807) is 11.3 Å². The van der Waals surface area contributed by atoms with Gasteiger partial charge in [-0.1, -0.05) is 44.2 Å². The minimum atomic E-state index is -0.289. The van der Waals surface area contributed by atoms with E-state index in [9.17, 15) is 4.79 Å². The van der Waals surface area contributed by atoms with Gasteiger partial charge in [-0.05, 0) is 54.9 Å². The molecule has 0 bridgehead atoms. The van der Waals surface area contributed by atoms with Gasteiger partial charge in [0.2, 0.25) is 0 Å². The topological polar surface area (TPSA) is 50.4 Å². The third-order valence-electron chi connectivity index (χ3n) is 5.04. The molecule has 2 unspecified atom stereocenters. The van der Waals surface area contributed by atoms with Crippen molar-refractivity contribution < 1.29 is 9.53 Å². The maximum absolute atomic E-state index is 12.4. The van der Waals surface area contributed by atoms with Crippen LogP contribution in [0.3, 0.4) is 0 Å². The number of benzene rings is 1. The van der Waals surface area contributed by atoms with Crippen LogP contribution in [0.15, 0.2) is 30.3 Å². The minimum absolute atomic E-state index is 0.127. The largest absolute Gasteiger partial charge is 0.465 e. The van der Waals surface area contributed by atoms with Gasteiger partial charge in [-0.15, -0.1) is 11.3 Å². The molecule has 27 heavy (non-hydrogen) atoms. The summed E-state index contributed by atoms with van der Waals surface area (Å²) in [6.45, 7) is 4.38. The van der Waals surface area contributed by atoms with E-state index in [1.807, 2.05) is 18.2 Å². The normalized spacial score (nSPS) is 16.9. The highest BCUT2D eigenvalue weighted by Gasteiger charge is 2.28. The van der Waals surface area contributed by atoms with E-state index in [1.165, 1.54) is 17.6 Å². The van der Waals surface area contributed by atoms with Crippen LogP contribution in [0.2, 0.25) is 0 Å². The number of ether oxygens (including phenoxy) is 1. The molecule has 2 N–H and O–H groups in total. The van der Waals surface area contributed by atoms with E-state index in [0.29, 0.717) is 16.6 Å². The molecule has 4 nitrogen and oxygen atoms in total. The van der Waals surface area contributed by atoms with Crippen LogP contribution in [0.1, 0.15) is 59.1 Å². The average molecular weight is 403 g/mol. The molecule has 3 rings (SSSR count). The lowest BCUT2D eigenvalue weighted by Crippen LogP contribution is -2.32. The van der Waals surface area contributed by atoms with Crippen LogP contribution in [-0.2, 0) is 17.6 Å². The first-order chi connectivity index (χ1) is 13.0. The molecule has 144 valence electrons. The molecule has 0 fully saturated rings. The Hall–Kier alpha value is -1.92. The summed E-state index contributed by atoms with van der Waals surface area (Å²) in [4.78, 5) is 13.7. The standard InChI is InChI=1S/C21H26N2O2S2/c1-4-16(14-8-6-5-7-9-14)22-21(26)23-19-18(20(24)25-3)15-11-10-13(2)12-17(15)27-19/h5-9,13,16H,4,10-12H2,1-3H3,(H2,22,23,26). The van der Waals surface area contributed by atoms with Gasteiger partial charge >= 0.3 is 5.97 Å². The average Bonchev–Trinajstić information content (AvgIpc) is 3.02. The number of fused-ring (bicyclic) bond motifs is 1. The molecule has 6 heteroatoms. The Morgan fingerprint density at radius 3 is 2.78 bits per heavy atom. The lowest BCUT2D eigenvalue weighted by molar-refractivity contribution is 0.0601. The Labute approximate surface area is 170 Å². The predicted octanol–water partition coefficient (Wildman–Crippen LogP) is 5.10. The Morgan fingerprint density at radius 2 is 2.11 bits per heavy atom. The molecule has 1 aromatic carbocycles. The van der Waals surface area contributed by atoms with Crippen LogP contribution < -0.4 is 10.6 Å². The van der Waals surface area contributed by atoms with Gasteiger partial charge in [0.15, 0.2) is 5.11 Å². The molecule has 2 atom stereocenters. The molecule has 1 aliphatic rings. The van der Waals surface area contributed by atoms with Crippen molar-refractivity contribution in [1.29, 1.82) is 0 Å². The van der Waals surface area contributed by atoms with Crippen molar-refractivity contribution >= 4 is 39.6 Å².